The van der Waals surface area contributed by atoms with Gasteiger partial charge in [-0.3, -0.25) is 14.3 Å². The van der Waals surface area contributed by atoms with Crippen molar-refractivity contribution in [1.29, 1.82) is 0 Å². The van der Waals surface area contributed by atoms with E-state index in [-0.39, 0.29) is 23.8 Å². The fraction of sp³-hybridized carbons (Fsp3) is 0.500. The Kier molecular flexibility index (Phi) is 5.55. The molecule has 1 N–H and O–H groups in total. The third-order valence-corrected chi connectivity index (χ3v) is 8.64. The van der Waals surface area contributed by atoms with E-state index in [0.717, 1.165) is 59.1 Å². The number of hydrogen-bond donors (Lipinski definition) is 1. The standard InChI is InChI=1S/C26H31N3O3S/c1-26(2,25(32)29-14-6-10-16-17(24(30)31)8-4-11-19(16)29)23-22-18(21-13-7-15-33-21)9-5-12-20(22)28(3)27-23/h5,7,9,12-13,15-17,19H,4,6,8,10-11,14H2,1-3H3,(H,30,31). The first-order valence-corrected chi connectivity index (χ1v) is 12.7. The molecule has 3 atom stereocenters. The number of aromatic nitrogens is 2. The summed E-state index contributed by atoms with van der Waals surface area (Å²) in [5, 5.41) is 17.7. The van der Waals surface area contributed by atoms with Gasteiger partial charge in [-0.05, 0) is 63.0 Å². The van der Waals surface area contributed by atoms with Crippen molar-refractivity contribution in [3.8, 4) is 10.4 Å². The lowest BCUT2D eigenvalue weighted by atomic mass is 9.70. The Morgan fingerprint density at radius 2 is 1.94 bits per heavy atom. The highest BCUT2D eigenvalue weighted by Gasteiger charge is 2.47. The Morgan fingerprint density at radius 3 is 2.67 bits per heavy atom. The van der Waals surface area contributed by atoms with Crippen LogP contribution in [-0.2, 0) is 22.1 Å². The average molecular weight is 466 g/mol. The number of piperidine rings is 1. The number of benzene rings is 1. The normalized spacial score (nSPS) is 23.5. The number of rotatable bonds is 4. The van der Waals surface area contributed by atoms with Gasteiger partial charge in [0, 0.05) is 35.5 Å². The van der Waals surface area contributed by atoms with Gasteiger partial charge in [-0.25, -0.2) is 0 Å². The molecule has 0 bridgehead atoms. The number of nitrogens with zero attached hydrogens (tertiary/aromatic N) is 3. The van der Waals surface area contributed by atoms with Crippen molar-refractivity contribution in [3.63, 3.8) is 0 Å². The largest absolute Gasteiger partial charge is 0.481 e. The molecule has 1 saturated carbocycles. The molecule has 0 radical (unpaired) electrons. The minimum atomic E-state index is -0.828. The lowest BCUT2D eigenvalue weighted by Crippen LogP contribution is -2.57. The van der Waals surface area contributed by atoms with Crippen LogP contribution in [0.5, 0.6) is 0 Å². The topological polar surface area (TPSA) is 75.4 Å². The molecule has 5 rings (SSSR count). The van der Waals surface area contributed by atoms with Crippen LogP contribution in [0.1, 0.15) is 51.6 Å². The predicted octanol–water partition coefficient (Wildman–Crippen LogP) is 5.07. The lowest BCUT2D eigenvalue weighted by Gasteiger charge is -2.48. The van der Waals surface area contributed by atoms with Crippen LogP contribution in [0.4, 0.5) is 0 Å². The van der Waals surface area contributed by atoms with Crippen molar-refractivity contribution < 1.29 is 14.7 Å². The van der Waals surface area contributed by atoms with Gasteiger partial charge in [0.1, 0.15) is 0 Å². The number of carbonyl (C=O) groups is 2. The molecule has 2 fully saturated rings. The number of hydrogen-bond acceptors (Lipinski definition) is 4. The van der Waals surface area contributed by atoms with Crippen molar-refractivity contribution in [2.24, 2.45) is 18.9 Å². The van der Waals surface area contributed by atoms with Crippen LogP contribution in [-0.4, -0.2) is 44.3 Å². The van der Waals surface area contributed by atoms with Gasteiger partial charge in [-0.15, -0.1) is 11.3 Å². The van der Waals surface area contributed by atoms with Crippen LogP contribution in [0.25, 0.3) is 21.3 Å². The van der Waals surface area contributed by atoms with E-state index in [4.69, 9.17) is 5.10 Å². The first kappa shape index (κ1) is 22.1. The number of aliphatic carboxylic acids is 1. The molecule has 3 heterocycles. The summed E-state index contributed by atoms with van der Waals surface area (Å²) in [5.41, 5.74) is 2.08. The first-order valence-electron chi connectivity index (χ1n) is 11.8. The third-order valence-electron chi connectivity index (χ3n) is 7.73. The zero-order valence-corrected chi connectivity index (χ0v) is 20.3. The third kappa shape index (κ3) is 3.57. The SMILES string of the molecule is Cn1nc(C(C)(C)C(=O)N2CCCC3C(C(=O)O)CCCC32)c2c(-c3cccs3)cccc21. The molecule has 174 valence electrons. The first-order chi connectivity index (χ1) is 15.8. The molecule has 7 heteroatoms. The molecule has 6 nitrogen and oxygen atoms in total. The van der Waals surface area contributed by atoms with Gasteiger partial charge in [0.2, 0.25) is 5.91 Å². The second-order valence-corrected chi connectivity index (χ2v) is 11.0. The molecule has 3 unspecified atom stereocenters. The molecule has 2 aliphatic rings. The van der Waals surface area contributed by atoms with E-state index in [1.807, 2.05) is 42.6 Å². The summed E-state index contributed by atoms with van der Waals surface area (Å²) >= 11 is 1.69. The number of carboxylic acid groups (broad SMARTS) is 1. The van der Waals surface area contributed by atoms with Crippen molar-refractivity contribution in [2.75, 3.05) is 6.54 Å². The predicted molar refractivity (Wildman–Crippen MR) is 130 cm³/mol. The van der Waals surface area contributed by atoms with Crippen molar-refractivity contribution in [3.05, 3.63) is 41.4 Å². The molecule has 0 spiro atoms. The molecule has 1 saturated heterocycles. The summed E-state index contributed by atoms with van der Waals surface area (Å²) in [6.45, 7) is 4.64. The van der Waals surface area contributed by atoms with Crippen LogP contribution >= 0.6 is 11.3 Å². The van der Waals surface area contributed by atoms with Crippen molar-refractivity contribution in [2.45, 2.75) is 57.4 Å². The summed E-state index contributed by atoms with van der Waals surface area (Å²) in [6, 6.07) is 10.4. The van der Waals surface area contributed by atoms with Gasteiger partial charge in [0.25, 0.3) is 0 Å². The number of likely N-dealkylation sites (tertiary alicyclic amines) is 1. The summed E-state index contributed by atoms with van der Waals surface area (Å²) in [7, 11) is 1.93. The molecule has 33 heavy (non-hydrogen) atoms. The summed E-state index contributed by atoms with van der Waals surface area (Å²) in [4.78, 5) is 29.2. The maximum Gasteiger partial charge on any atom is 0.306 e. The minimum Gasteiger partial charge on any atom is -0.481 e. The van der Waals surface area contributed by atoms with Crippen molar-refractivity contribution in [1.82, 2.24) is 14.7 Å². The quantitative estimate of drug-likeness (QED) is 0.584. The van der Waals surface area contributed by atoms with E-state index in [9.17, 15) is 14.7 Å². The monoisotopic (exact) mass is 465 g/mol. The summed E-state index contributed by atoms with van der Waals surface area (Å²) in [5.74, 6) is -0.950. The van der Waals surface area contributed by atoms with Crippen LogP contribution in [0.3, 0.4) is 0 Å². The molecule has 3 aromatic rings. The van der Waals surface area contributed by atoms with Crippen LogP contribution < -0.4 is 0 Å². The molecule has 1 aliphatic carbocycles. The molecule has 1 amide bonds. The summed E-state index contributed by atoms with van der Waals surface area (Å²) in [6.07, 6.45) is 4.21. The zero-order chi connectivity index (χ0) is 23.3. The van der Waals surface area contributed by atoms with Gasteiger partial charge >= 0.3 is 5.97 Å². The van der Waals surface area contributed by atoms with Crippen LogP contribution in [0.2, 0.25) is 0 Å². The van der Waals surface area contributed by atoms with Crippen LogP contribution in [0.15, 0.2) is 35.7 Å². The van der Waals surface area contributed by atoms with E-state index >= 15 is 0 Å². The highest BCUT2D eigenvalue weighted by atomic mass is 32.1. The second kappa shape index (κ2) is 8.28. The molecular formula is C26H31N3O3S. The Morgan fingerprint density at radius 1 is 1.12 bits per heavy atom. The highest BCUT2D eigenvalue weighted by Crippen LogP contribution is 2.43. The number of thiophene rings is 1. The Balaban J connectivity index is 1.56. The number of carbonyl (C=O) groups excluding carboxylic acids is 1. The maximum atomic E-state index is 14.1. The molecular weight excluding hydrogens is 434 g/mol. The smallest absolute Gasteiger partial charge is 0.306 e. The minimum absolute atomic E-state index is 0.00659. The van der Waals surface area contributed by atoms with Crippen LogP contribution in [0, 0.1) is 11.8 Å². The van der Waals surface area contributed by atoms with E-state index in [0.29, 0.717) is 6.54 Å². The number of carboxylic acids is 1. The Hall–Kier alpha value is -2.67. The van der Waals surface area contributed by atoms with E-state index in [1.165, 1.54) is 0 Å². The number of amides is 1. The second-order valence-electron chi connectivity index (χ2n) is 10.0. The highest BCUT2D eigenvalue weighted by molar-refractivity contribution is 7.13. The Labute approximate surface area is 198 Å². The van der Waals surface area contributed by atoms with E-state index in [1.54, 1.807) is 11.3 Å². The fourth-order valence-electron chi connectivity index (χ4n) is 6.09. The van der Waals surface area contributed by atoms with Gasteiger partial charge < -0.3 is 10.0 Å². The number of aryl methyl sites for hydroxylation is 1. The maximum absolute atomic E-state index is 14.1. The van der Waals surface area contributed by atoms with Gasteiger partial charge in [0.15, 0.2) is 0 Å². The van der Waals surface area contributed by atoms with Gasteiger partial charge in [-0.2, -0.15) is 5.10 Å². The zero-order valence-electron chi connectivity index (χ0n) is 19.5. The van der Waals surface area contributed by atoms with Gasteiger partial charge in [-0.1, -0.05) is 24.6 Å². The molecule has 1 aromatic carbocycles. The van der Waals surface area contributed by atoms with E-state index < -0.39 is 11.4 Å². The average Bonchev–Trinajstić information content (AvgIpc) is 3.46. The van der Waals surface area contributed by atoms with Crippen molar-refractivity contribution >= 4 is 34.1 Å². The van der Waals surface area contributed by atoms with E-state index in [2.05, 4.69) is 23.6 Å². The lowest BCUT2D eigenvalue weighted by molar-refractivity contribution is -0.153. The summed E-state index contributed by atoms with van der Waals surface area (Å²) < 4.78 is 1.87. The molecule has 2 aromatic heterocycles. The van der Waals surface area contributed by atoms with Gasteiger partial charge in [0.05, 0.1) is 22.5 Å². The number of fused-ring (bicyclic) bond motifs is 2. The fourth-order valence-corrected chi connectivity index (χ4v) is 6.85. The molecule has 1 aliphatic heterocycles. The Bertz CT molecular complexity index is 1200.